The van der Waals surface area contributed by atoms with Crippen molar-refractivity contribution in [1.29, 1.82) is 0 Å². The highest BCUT2D eigenvalue weighted by Crippen LogP contribution is 2.28. The number of hydrogen-bond donors (Lipinski definition) is 3. The number of carbonyl (C=O) groups is 2. The van der Waals surface area contributed by atoms with Gasteiger partial charge in [-0.1, -0.05) is 13.8 Å². The van der Waals surface area contributed by atoms with Crippen LogP contribution in [0.25, 0.3) is 0 Å². The Bertz CT molecular complexity index is 558. The molecule has 0 radical (unpaired) electrons. The second-order valence-corrected chi connectivity index (χ2v) is 6.17. The van der Waals surface area contributed by atoms with Crippen molar-refractivity contribution in [2.45, 2.75) is 45.2 Å². The molecule has 1 unspecified atom stereocenters. The smallest absolute Gasteiger partial charge is 0.239 e. The molecule has 130 valence electrons. The van der Waals surface area contributed by atoms with E-state index in [4.69, 9.17) is 5.73 Å². The second kappa shape index (κ2) is 8.31. The Morgan fingerprint density at radius 1 is 1.48 bits per heavy atom. The van der Waals surface area contributed by atoms with Crippen LogP contribution < -0.4 is 16.4 Å². The van der Waals surface area contributed by atoms with Gasteiger partial charge in [0.1, 0.15) is 0 Å². The molecule has 0 spiro atoms. The summed E-state index contributed by atoms with van der Waals surface area (Å²) < 4.78 is 1.86. The molecule has 1 aromatic heterocycles. The maximum absolute atomic E-state index is 12.0. The van der Waals surface area contributed by atoms with Crippen molar-refractivity contribution in [2.75, 3.05) is 6.54 Å². The molecular weight excluding hydrogens is 318 g/mol. The molecule has 8 heteroatoms. The number of halogens is 1. The highest BCUT2D eigenvalue weighted by Gasteiger charge is 2.25. The van der Waals surface area contributed by atoms with Crippen molar-refractivity contribution in [2.24, 2.45) is 18.7 Å². The molecule has 0 saturated heterocycles. The van der Waals surface area contributed by atoms with E-state index in [-0.39, 0.29) is 42.7 Å². The van der Waals surface area contributed by atoms with Crippen molar-refractivity contribution >= 4 is 24.2 Å². The number of hydrogen-bond acceptors (Lipinski definition) is 4. The topological polar surface area (TPSA) is 102 Å². The Morgan fingerprint density at radius 2 is 2.17 bits per heavy atom. The first kappa shape index (κ1) is 19.4. The van der Waals surface area contributed by atoms with E-state index in [2.05, 4.69) is 15.7 Å². The number of aryl methyl sites for hydroxylation is 1. The summed E-state index contributed by atoms with van der Waals surface area (Å²) in [6.07, 6.45) is 4.71. The number of nitrogens with one attached hydrogen (secondary N) is 2. The Kier molecular flexibility index (Phi) is 7.02. The lowest BCUT2D eigenvalue weighted by atomic mass is 9.93. The van der Waals surface area contributed by atoms with Gasteiger partial charge in [0.15, 0.2) is 0 Å². The predicted octanol–water partition coefficient (Wildman–Crippen LogP) is 0.435. The zero-order valence-corrected chi connectivity index (χ0v) is 14.7. The summed E-state index contributed by atoms with van der Waals surface area (Å²) in [7, 11) is 1.91. The minimum atomic E-state index is -0.590. The van der Waals surface area contributed by atoms with E-state index in [1.165, 1.54) is 5.69 Å². The van der Waals surface area contributed by atoms with Gasteiger partial charge in [0.25, 0.3) is 0 Å². The lowest BCUT2D eigenvalue weighted by Crippen LogP contribution is -2.47. The van der Waals surface area contributed by atoms with E-state index < -0.39 is 6.04 Å². The molecule has 2 amide bonds. The van der Waals surface area contributed by atoms with Gasteiger partial charge < -0.3 is 16.4 Å². The van der Waals surface area contributed by atoms with Gasteiger partial charge in [-0.05, 0) is 25.2 Å². The lowest BCUT2D eigenvalue weighted by molar-refractivity contribution is -0.127. The van der Waals surface area contributed by atoms with E-state index in [0.717, 1.165) is 24.8 Å². The zero-order valence-electron chi connectivity index (χ0n) is 13.8. The number of nitrogens with two attached hydrogens (primary N) is 1. The van der Waals surface area contributed by atoms with Crippen molar-refractivity contribution in [1.82, 2.24) is 20.4 Å². The number of aromatic nitrogens is 2. The van der Waals surface area contributed by atoms with Crippen molar-refractivity contribution < 1.29 is 9.59 Å². The summed E-state index contributed by atoms with van der Waals surface area (Å²) in [4.78, 5) is 23.8. The molecule has 7 nitrogen and oxygen atoms in total. The van der Waals surface area contributed by atoms with Crippen LogP contribution in [0.3, 0.4) is 0 Å². The van der Waals surface area contributed by atoms with Gasteiger partial charge in [-0.2, -0.15) is 5.10 Å². The van der Waals surface area contributed by atoms with E-state index in [9.17, 15) is 9.59 Å². The standard InChI is InChI=1S/C15H25N5O2.ClH/c1-9(2)14(16)15(22)17-8-13(21)19-11-5-4-6-12-10(11)7-18-20(12)3;/h7,9,11,14H,4-6,8,16H2,1-3H3,(H,17,22)(H,19,21);1H/t11?,14-;/m0./s1. The summed E-state index contributed by atoms with van der Waals surface area (Å²) >= 11 is 0. The quantitative estimate of drug-likeness (QED) is 0.721. The van der Waals surface area contributed by atoms with Crippen molar-refractivity contribution in [3.8, 4) is 0 Å². The summed E-state index contributed by atoms with van der Waals surface area (Å²) in [5.41, 5.74) is 7.99. The van der Waals surface area contributed by atoms with Crippen LogP contribution in [-0.4, -0.2) is 34.2 Å². The number of fused-ring (bicyclic) bond motifs is 1. The first-order chi connectivity index (χ1) is 10.4. The largest absolute Gasteiger partial charge is 0.348 e. The molecular formula is C15H26ClN5O2. The van der Waals surface area contributed by atoms with Crippen LogP contribution in [0.4, 0.5) is 0 Å². The van der Waals surface area contributed by atoms with Crippen LogP contribution in [0.5, 0.6) is 0 Å². The van der Waals surface area contributed by atoms with Gasteiger partial charge in [0.2, 0.25) is 11.8 Å². The summed E-state index contributed by atoms with van der Waals surface area (Å²) in [5, 5.41) is 9.80. The fraction of sp³-hybridized carbons (Fsp3) is 0.667. The molecule has 1 aliphatic rings. The fourth-order valence-electron chi connectivity index (χ4n) is 2.69. The maximum Gasteiger partial charge on any atom is 0.239 e. The van der Waals surface area contributed by atoms with Crippen LogP contribution in [-0.2, 0) is 23.1 Å². The number of nitrogens with zero attached hydrogens (tertiary/aromatic N) is 2. The number of carbonyl (C=O) groups excluding carboxylic acids is 2. The Labute approximate surface area is 142 Å². The highest BCUT2D eigenvalue weighted by molar-refractivity contribution is 5.87. The van der Waals surface area contributed by atoms with Gasteiger partial charge >= 0.3 is 0 Å². The first-order valence-corrected chi connectivity index (χ1v) is 7.73. The van der Waals surface area contributed by atoms with Crippen LogP contribution in [0, 0.1) is 5.92 Å². The molecule has 23 heavy (non-hydrogen) atoms. The molecule has 0 fully saturated rings. The third-order valence-electron chi connectivity index (χ3n) is 4.16. The zero-order chi connectivity index (χ0) is 16.3. The van der Waals surface area contributed by atoms with E-state index in [1.54, 1.807) is 0 Å². The first-order valence-electron chi connectivity index (χ1n) is 7.73. The minimum Gasteiger partial charge on any atom is -0.348 e. The Balaban J connectivity index is 0.00000264. The van der Waals surface area contributed by atoms with Crippen LogP contribution in [0.2, 0.25) is 0 Å². The number of rotatable bonds is 5. The molecule has 4 N–H and O–H groups in total. The van der Waals surface area contributed by atoms with Crippen molar-refractivity contribution in [3.63, 3.8) is 0 Å². The molecule has 2 rings (SSSR count). The normalized spacial score (nSPS) is 17.9. The molecule has 0 saturated carbocycles. The maximum atomic E-state index is 12.0. The fourth-order valence-corrected chi connectivity index (χ4v) is 2.69. The Hall–Kier alpha value is -1.60. The molecule has 0 aliphatic heterocycles. The van der Waals surface area contributed by atoms with Gasteiger partial charge in [0, 0.05) is 18.3 Å². The van der Waals surface area contributed by atoms with Gasteiger partial charge in [-0.15, -0.1) is 12.4 Å². The molecule has 0 aromatic carbocycles. The van der Waals surface area contributed by atoms with Gasteiger partial charge in [-0.3, -0.25) is 14.3 Å². The van der Waals surface area contributed by atoms with E-state index in [1.807, 2.05) is 31.8 Å². The third-order valence-corrected chi connectivity index (χ3v) is 4.16. The average Bonchev–Trinajstić information content (AvgIpc) is 2.86. The predicted molar refractivity (Wildman–Crippen MR) is 90.1 cm³/mol. The number of amides is 2. The van der Waals surface area contributed by atoms with Crippen LogP contribution in [0.15, 0.2) is 6.20 Å². The molecule has 1 aliphatic carbocycles. The van der Waals surface area contributed by atoms with Crippen LogP contribution >= 0.6 is 12.4 Å². The van der Waals surface area contributed by atoms with Gasteiger partial charge in [0.05, 0.1) is 24.8 Å². The molecule has 1 aromatic rings. The minimum absolute atomic E-state index is 0. The lowest BCUT2D eigenvalue weighted by Gasteiger charge is -2.24. The monoisotopic (exact) mass is 343 g/mol. The SMILES string of the molecule is CC(C)[C@H](N)C(=O)NCC(=O)NC1CCCc2c1cnn2C.Cl. The summed E-state index contributed by atoms with van der Waals surface area (Å²) in [6, 6.07) is -0.618. The van der Waals surface area contributed by atoms with Crippen LogP contribution in [0.1, 0.15) is 44.0 Å². The van der Waals surface area contributed by atoms with Crippen molar-refractivity contribution in [3.05, 3.63) is 17.5 Å². The van der Waals surface area contributed by atoms with E-state index in [0.29, 0.717) is 0 Å². The summed E-state index contributed by atoms with van der Waals surface area (Å²) in [6.45, 7) is 3.69. The highest BCUT2D eigenvalue weighted by atomic mass is 35.5. The second-order valence-electron chi connectivity index (χ2n) is 6.17. The molecule has 1 heterocycles. The van der Waals surface area contributed by atoms with Gasteiger partial charge in [-0.25, -0.2) is 0 Å². The summed E-state index contributed by atoms with van der Waals surface area (Å²) in [5.74, 6) is -0.457. The third kappa shape index (κ3) is 4.68. The van der Waals surface area contributed by atoms with E-state index >= 15 is 0 Å². The molecule has 0 bridgehead atoms. The molecule has 2 atom stereocenters. The Morgan fingerprint density at radius 3 is 2.83 bits per heavy atom. The average molecular weight is 344 g/mol.